The third-order valence-electron chi connectivity index (χ3n) is 3.59. The van der Waals surface area contributed by atoms with E-state index in [9.17, 15) is 4.55 Å². The molecule has 0 radical (unpaired) electrons. The van der Waals surface area contributed by atoms with Crippen molar-refractivity contribution < 1.29 is 4.55 Å². The minimum Gasteiger partial charge on any atom is -0.598 e. The summed E-state index contributed by atoms with van der Waals surface area (Å²) in [7, 11) is 1.93. The van der Waals surface area contributed by atoms with Gasteiger partial charge in [0.1, 0.15) is 16.5 Å². The average Bonchev–Trinajstić information content (AvgIpc) is 2.66. The molecule has 0 bridgehead atoms. The number of nitrogens with zero attached hydrogens (tertiary/aromatic N) is 2. The van der Waals surface area contributed by atoms with Gasteiger partial charge >= 0.3 is 0 Å². The lowest BCUT2D eigenvalue weighted by Gasteiger charge is -2.30. The lowest BCUT2D eigenvalue weighted by molar-refractivity contribution is 0.484. The zero-order chi connectivity index (χ0) is 14.2. The Labute approximate surface area is 118 Å². The quantitative estimate of drug-likeness (QED) is 0.845. The van der Waals surface area contributed by atoms with Gasteiger partial charge in [-0.05, 0) is 51.7 Å². The Morgan fingerprint density at radius 2 is 2.21 bits per heavy atom. The largest absolute Gasteiger partial charge is 0.598 e. The normalized spacial score (nSPS) is 20.7. The van der Waals surface area contributed by atoms with Crippen LogP contribution in [0.5, 0.6) is 0 Å². The van der Waals surface area contributed by atoms with Crippen molar-refractivity contribution in [2.75, 3.05) is 0 Å². The maximum atomic E-state index is 12.2. The Balaban J connectivity index is 2.26. The number of aromatic nitrogens is 1. The van der Waals surface area contributed by atoms with Crippen LogP contribution in [0.2, 0.25) is 0 Å². The predicted octanol–water partition coefficient (Wildman–Crippen LogP) is 2.33. The molecule has 5 heteroatoms. The fourth-order valence-corrected chi connectivity index (χ4v) is 3.30. The molecular weight excluding hydrogens is 258 g/mol. The molecule has 2 rings (SSSR count). The lowest BCUT2D eigenvalue weighted by Crippen LogP contribution is -2.42. The van der Waals surface area contributed by atoms with Gasteiger partial charge in [-0.3, -0.25) is 0 Å². The standard InChI is InChI=1S/C14H21N3OS/c1-14(2,3)19(18)16-12-6-5-7-13-11(12)8-10(9-15)17(13)4/h8,12,16H,5-7H2,1-4H3/t12?,19-/m1/s1. The third kappa shape index (κ3) is 2.81. The van der Waals surface area contributed by atoms with Gasteiger partial charge in [0, 0.05) is 24.1 Å². The molecule has 1 aromatic rings. The summed E-state index contributed by atoms with van der Waals surface area (Å²) in [5, 5.41) is 9.11. The second-order valence-corrected chi connectivity index (χ2v) is 8.04. The van der Waals surface area contributed by atoms with E-state index in [0.29, 0.717) is 5.69 Å². The Hall–Kier alpha value is -0.960. The molecule has 19 heavy (non-hydrogen) atoms. The summed E-state index contributed by atoms with van der Waals surface area (Å²) in [6.07, 6.45) is 3.03. The molecule has 0 spiro atoms. The van der Waals surface area contributed by atoms with E-state index >= 15 is 0 Å². The molecule has 1 aliphatic carbocycles. The van der Waals surface area contributed by atoms with E-state index in [1.807, 2.05) is 38.5 Å². The van der Waals surface area contributed by atoms with E-state index < -0.39 is 11.4 Å². The van der Waals surface area contributed by atoms with Crippen LogP contribution >= 0.6 is 0 Å². The van der Waals surface area contributed by atoms with E-state index in [4.69, 9.17) is 5.26 Å². The van der Waals surface area contributed by atoms with Gasteiger partial charge in [0.15, 0.2) is 0 Å². The molecule has 2 atom stereocenters. The van der Waals surface area contributed by atoms with Crippen molar-refractivity contribution in [1.82, 2.24) is 9.29 Å². The van der Waals surface area contributed by atoms with Crippen LogP contribution in [-0.4, -0.2) is 13.9 Å². The maximum absolute atomic E-state index is 12.2. The summed E-state index contributed by atoms with van der Waals surface area (Å²) in [6, 6.07) is 4.25. The summed E-state index contributed by atoms with van der Waals surface area (Å²) in [5.41, 5.74) is 3.02. The predicted molar refractivity (Wildman–Crippen MR) is 76.8 cm³/mol. The lowest BCUT2D eigenvalue weighted by atomic mass is 9.93. The second kappa shape index (κ2) is 5.20. The molecule has 0 fully saturated rings. The molecule has 1 aromatic heterocycles. The number of fused-ring (bicyclic) bond motifs is 1. The van der Waals surface area contributed by atoms with Gasteiger partial charge in [-0.1, -0.05) is 0 Å². The summed E-state index contributed by atoms with van der Waals surface area (Å²) in [5.74, 6) is 0. The first-order valence-corrected chi connectivity index (χ1v) is 7.76. The molecule has 1 unspecified atom stereocenters. The molecular formula is C14H21N3OS. The zero-order valence-electron chi connectivity index (χ0n) is 12.0. The van der Waals surface area contributed by atoms with Gasteiger partial charge in [0.2, 0.25) is 0 Å². The molecule has 0 aliphatic heterocycles. The van der Waals surface area contributed by atoms with Gasteiger partial charge in [-0.25, -0.2) is 0 Å². The van der Waals surface area contributed by atoms with Gasteiger partial charge in [-0.2, -0.15) is 5.26 Å². The molecule has 0 saturated heterocycles. The van der Waals surface area contributed by atoms with E-state index in [-0.39, 0.29) is 10.8 Å². The highest BCUT2D eigenvalue weighted by molar-refractivity contribution is 7.90. The van der Waals surface area contributed by atoms with Crippen LogP contribution in [0.4, 0.5) is 0 Å². The Morgan fingerprint density at radius 1 is 1.53 bits per heavy atom. The second-order valence-electron chi connectivity index (χ2n) is 6.05. The third-order valence-corrected chi connectivity index (χ3v) is 5.20. The molecule has 0 aromatic carbocycles. The first-order valence-electron chi connectivity index (χ1n) is 6.61. The highest BCUT2D eigenvalue weighted by atomic mass is 32.2. The summed E-state index contributed by atoms with van der Waals surface area (Å²) in [4.78, 5) is 0. The number of rotatable bonds is 2. The number of nitrogens with one attached hydrogen (secondary N) is 1. The van der Waals surface area contributed by atoms with E-state index in [1.165, 1.54) is 5.69 Å². The monoisotopic (exact) mass is 279 g/mol. The number of nitriles is 1. The Bertz CT molecular complexity index is 510. The SMILES string of the molecule is Cn1c(C#N)cc2c1CCCC2N[S@+]([O-])C(C)(C)C. The van der Waals surface area contributed by atoms with Crippen molar-refractivity contribution in [2.45, 2.75) is 50.8 Å². The molecule has 4 nitrogen and oxygen atoms in total. The topological polar surface area (TPSA) is 63.8 Å². The Kier molecular flexibility index (Phi) is 3.95. The van der Waals surface area contributed by atoms with Crippen molar-refractivity contribution in [2.24, 2.45) is 7.05 Å². The van der Waals surface area contributed by atoms with E-state index in [1.54, 1.807) is 0 Å². The minimum atomic E-state index is -1.08. The van der Waals surface area contributed by atoms with Crippen LogP contribution in [0, 0.1) is 11.3 Å². The van der Waals surface area contributed by atoms with Crippen LogP contribution in [-0.2, 0) is 24.8 Å². The molecule has 0 saturated carbocycles. The van der Waals surface area contributed by atoms with Crippen molar-refractivity contribution in [1.29, 1.82) is 5.26 Å². The van der Waals surface area contributed by atoms with E-state index in [0.717, 1.165) is 24.8 Å². The van der Waals surface area contributed by atoms with Crippen molar-refractivity contribution in [3.05, 3.63) is 23.0 Å². The number of hydrogen-bond donors (Lipinski definition) is 1. The van der Waals surface area contributed by atoms with Crippen LogP contribution in [0.3, 0.4) is 0 Å². The van der Waals surface area contributed by atoms with Gasteiger partial charge in [-0.15, -0.1) is 4.72 Å². The molecule has 1 N–H and O–H groups in total. The van der Waals surface area contributed by atoms with Gasteiger partial charge in [0.05, 0.1) is 6.04 Å². The molecule has 0 amide bonds. The van der Waals surface area contributed by atoms with Crippen molar-refractivity contribution in [3.63, 3.8) is 0 Å². The minimum absolute atomic E-state index is 0.0945. The van der Waals surface area contributed by atoms with Crippen LogP contribution in [0.25, 0.3) is 0 Å². The number of hydrogen-bond acceptors (Lipinski definition) is 3. The molecule has 1 heterocycles. The maximum Gasteiger partial charge on any atom is 0.136 e. The smallest absolute Gasteiger partial charge is 0.136 e. The molecule has 104 valence electrons. The highest BCUT2D eigenvalue weighted by Crippen LogP contribution is 2.33. The van der Waals surface area contributed by atoms with Crippen LogP contribution in [0.15, 0.2) is 6.07 Å². The van der Waals surface area contributed by atoms with Crippen LogP contribution < -0.4 is 4.72 Å². The summed E-state index contributed by atoms with van der Waals surface area (Å²) < 4.78 is 17.1. The fraction of sp³-hybridized carbons (Fsp3) is 0.643. The van der Waals surface area contributed by atoms with Gasteiger partial charge < -0.3 is 9.12 Å². The Morgan fingerprint density at radius 3 is 2.79 bits per heavy atom. The average molecular weight is 279 g/mol. The highest BCUT2D eigenvalue weighted by Gasteiger charge is 2.33. The summed E-state index contributed by atoms with van der Waals surface area (Å²) >= 11 is -1.08. The summed E-state index contributed by atoms with van der Waals surface area (Å²) in [6.45, 7) is 5.89. The first-order chi connectivity index (χ1) is 8.84. The zero-order valence-corrected chi connectivity index (χ0v) is 12.8. The van der Waals surface area contributed by atoms with Crippen LogP contribution in [0.1, 0.15) is 56.6 Å². The van der Waals surface area contributed by atoms with Crippen molar-refractivity contribution >= 4 is 11.4 Å². The first kappa shape index (κ1) is 14.4. The van der Waals surface area contributed by atoms with Crippen molar-refractivity contribution in [3.8, 4) is 6.07 Å². The van der Waals surface area contributed by atoms with E-state index in [2.05, 4.69) is 10.8 Å². The van der Waals surface area contributed by atoms with Gasteiger partial charge in [0.25, 0.3) is 0 Å². The fourth-order valence-electron chi connectivity index (χ4n) is 2.45. The molecule has 1 aliphatic rings.